The van der Waals surface area contributed by atoms with E-state index < -0.39 is 0 Å². The van der Waals surface area contributed by atoms with Gasteiger partial charge in [0.05, 0.1) is 0 Å². The van der Waals surface area contributed by atoms with Crippen LogP contribution in [0.2, 0.25) is 0 Å². The van der Waals surface area contributed by atoms with E-state index in [0.29, 0.717) is 0 Å². The standard InChI is InChI=1S/C15H23N3/c1-2-4-13(5-3-1)14-12-15(14)17-8-11-18-9-6-16-7-10-18/h1-5,14-17H,6-12H2/t14-,15+/m1/s1. The summed E-state index contributed by atoms with van der Waals surface area (Å²) in [5, 5.41) is 7.08. The Balaban J connectivity index is 1.36. The predicted octanol–water partition coefficient (Wildman–Crippen LogP) is 1.04. The van der Waals surface area contributed by atoms with E-state index in [2.05, 4.69) is 45.9 Å². The first-order chi connectivity index (χ1) is 8.93. The van der Waals surface area contributed by atoms with Crippen molar-refractivity contribution in [3.05, 3.63) is 35.9 Å². The van der Waals surface area contributed by atoms with Gasteiger partial charge in [0, 0.05) is 51.2 Å². The summed E-state index contributed by atoms with van der Waals surface area (Å²) in [6.07, 6.45) is 1.31. The summed E-state index contributed by atoms with van der Waals surface area (Å²) >= 11 is 0. The van der Waals surface area contributed by atoms with Crippen molar-refractivity contribution in [2.75, 3.05) is 39.3 Å². The molecule has 1 saturated carbocycles. The van der Waals surface area contributed by atoms with Gasteiger partial charge in [-0.05, 0) is 12.0 Å². The van der Waals surface area contributed by atoms with Crippen LogP contribution in [0.1, 0.15) is 17.9 Å². The third-order valence-electron chi connectivity index (χ3n) is 4.06. The number of benzene rings is 1. The molecule has 3 rings (SSSR count). The van der Waals surface area contributed by atoms with Gasteiger partial charge in [0.15, 0.2) is 0 Å². The van der Waals surface area contributed by atoms with Gasteiger partial charge in [-0.15, -0.1) is 0 Å². The van der Waals surface area contributed by atoms with Crippen molar-refractivity contribution in [3.63, 3.8) is 0 Å². The Labute approximate surface area is 110 Å². The zero-order valence-electron chi connectivity index (χ0n) is 10.9. The van der Waals surface area contributed by atoms with Gasteiger partial charge in [-0.2, -0.15) is 0 Å². The molecule has 1 aromatic carbocycles. The van der Waals surface area contributed by atoms with E-state index in [0.717, 1.165) is 31.6 Å². The first-order valence-corrected chi connectivity index (χ1v) is 7.15. The van der Waals surface area contributed by atoms with E-state index in [1.165, 1.54) is 31.6 Å². The number of rotatable bonds is 5. The van der Waals surface area contributed by atoms with E-state index in [1.54, 1.807) is 0 Å². The summed E-state index contributed by atoms with van der Waals surface area (Å²) in [5.41, 5.74) is 1.50. The molecule has 18 heavy (non-hydrogen) atoms. The zero-order valence-corrected chi connectivity index (χ0v) is 10.9. The third kappa shape index (κ3) is 3.10. The molecule has 0 aromatic heterocycles. The Morgan fingerprint density at radius 1 is 1.17 bits per heavy atom. The van der Waals surface area contributed by atoms with Crippen LogP contribution in [-0.2, 0) is 0 Å². The molecule has 2 fully saturated rings. The maximum Gasteiger partial charge on any atom is 0.0143 e. The van der Waals surface area contributed by atoms with Crippen molar-refractivity contribution in [3.8, 4) is 0 Å². The second-order valence-electron chi connectivity index (χ2n) is 5.41. The highest BCUT2D eigenvalue weighted by molar-refractivity contribution is 5.27. The van der Waals surface area contributed by atoms with Gasteiger partial charge < -0.3 is 10.6 Å². The average Bonchev–Trinajstić information content (AvgIpc) is 3.21. The van der Waals surface area contributed by atoms with Crippen molar-refractivity contribution in [2.45, 2.75) is 18.4 Å². The van der Waals surface area contributed by atoms with Crippen LogP contribution in [0.15, 0.2) is 30.3 Å². The van der Waals surface area contributed by atoms with Gasteiger partial charge in [0.25, 0.3) is 0 Å². The highest BCUT2D eigenvalue weighted by atomic mass is 15.2. The topological polar surface area (TPSA) is 27.3 Å². The number of hydrogen-bond donors (Lipinski definition) is 2. The molecule has 1 aromatic rings. The highest BCUT2D eigenvalue weighted by Crippen LogP contribution is 2.40. The van der Waals surface area contributed by atoms with Crippen LogP contribution in [0.25, 0.3) is 0 Å². The minimum absolute atomic E-state index is 0.718. The summed E-state index contributed by atoms with van der Waals surface area (Å²) in [6, 6.07) is 11.6. The SMILES string of the molecule is c1ccc([C@H]2C[C@@H]2NCCN2CCNCC2)cc1. The van der Waals surface area contributed by atoms with E-state index in [-0.39, 0.29) is 0 Å². The molecule has 0 unspecified atom stereocenters. The first-order valence-electron chi connectivity index (χ1n) is 7.15. The van der Waals surface area contributed by atoms with Gasteiger partial charge in [-0.3, -0.25) is 4.90 Å². The van der Waals surface area contributed by atoms with Crippen molar-refractivity contribution in [2.24, 2.45) is 0 Å². The second-order valence-corrected chi connectivity index (χ2v) is 5.41. The van der Waals surface area contributed by atoms with Gasteiger partial charge in [0.1, 0.15) is 0 Å². The van der Waals surface area contributed by atoms with Gasteiger partial charge in [0.2, 0.25) is 0 Å². The van der Waals surface area contributed by atoms with Crippen LogP contribution in [0, 0.1) is 0 Å². The van der Waals surface area contributed by atoms with E-state index in [1.807, 2.05) is 0 Å². The van der Waals surface area contributed by atoms with Crippen LogP contribution < -0.4 is 10.6 Å². The normalized spacial score (nSPS) is 28.2. The molecule has 2 aliphatic rings. The Bertz CT molecular complexity index is 359. The lowest BCUT2D eigenvalue weighted by Crippen LogP contribution is -2.46. The predicted molar refractivity (Wildman–Crippen MR) is 74.9 cm³/mol. The van der Waals surface area contributed by atoms with Crippen LogP contribution in [0.4, 0.5) is 0 Å². The fourth-order valence-electron chi connectivity index (χ4n) is 2.83. The molecule has 0 spiro atoms. The smallest absolute Gasteiger partial charge is 0.0143 e. The van der Waals surface area contributed by atoms with Crippen molar-refractivity contribution in [1.29, 1.82) is 0 Å². The molecule has 98 valence electrons. The molecule has 2 N–H and O–H groups in total. The van der Waals surface area contributed by atoms with Crippen LogP contribution in [0.3, 0.4) is 0 Å². The fraction of sp³-hybridized carbons (Fsp3) is 0.600. The number of nitrogens with one attached hydrogen (secondary N) is 2. The van der Waals surface area contributed by atoms with E-state index >= 15 is 0 Å². The number of piperazine rings is 1. The largest absolute Gasteiger partial charge is 0.314 e. The van der Waals surface area contributed by atoms with E-state index in [9.17, 15) is 0 Å². The molecular formula is C15H23N3. The third-order valence-corrected chi connectivity index (χ3v) is 4.06. The molecule has 0 radical (unpaired) electrons. The zero-order chi connectivity index (χ0) is 12.2. The Kier molecular flexibility index (Phi) is 3.93. The van der Waals surface area contributed by atoms with Gasteiger partial charge in [-0.1, -0.05) is 30.3 Å². The van der Waals surface area contributed by atoms with Gasteiger partial charge >= 0.3 is 0 Å². The lowest BCUT2D eigenvalue weighted by atomic mass is 10.1. The molecule has 0 amide bonds. The minimum atomic E-state index is 0.718. The maximum atomic E-state index is 3.69. The quantitative estimate of drug-likeness (QED) is 0.811. The van der Waals surface area contributed by atoms with Crippen LogP contribution >= 0.6 is 0 Å². The summed E-state index contributed by atoms with van der Waals surface area (Å²) in [4.78, 5) is 2.55. The summed E-state index contributed by atoms with van der Waals surface area (Å²) in [6.45, 7) is 7.03. The Morgan fingerprint density at radius 2 is 1.94 bits per heavy atom. The molecule has 3 nitrogen and oxygen atoms in total. The molecule has 1 aliphatic heterocycles. The average molecular weight is 245 g/mol. The molecule has 1 saturated heterocycles. The molecule has 3 heteroatoms. The monoisotopic (exact) mass is 245 g/mol. The first kappa shape index (κ1) is 12.2. The lowest BCUT2D eigenvalue weighted by molar-refractivity contribution is 0.241. The fourth-order valence-corrected chi connectivity index (χ4v) is 2.83. The van der Waals surface area contributed by atoms with Gasteiger partial charge in [-0.25, -0.2) is 0 Å². The summed E-state index contributed by atoms with van der Waals surface area (Å²) in [7, 11) is 0. The van der Waals surface area contributed by atoms with E-state index in [4.69, 9.17) is 0 Å². The van der Waals surface area contributed by atoms with Crippen molar-refractivity contribution in [1.82, 2.24) is 15.5 Å². The van der Waals surface area contributed by atoms with Crippen LogP contribution in [0.5, 0.6) is 0 Å². The van der Waals surface area contributed by atoms with Crippen LogP contribution in [-0.4, -0.2) is 50.2 Å². The summed E-state index contributed by atoms with van der Waals surface area (Å²) < 4.78 is 0. The molecule has 1 aliphatic carbocycles. The number of nitrogens with zero attached hydrogens (tertiary/aromatic N) is 1. The van der Waals surface area contributed by atoms with Crippen molar-refractivity contribution < 1.29 is 0 Å². The second kappa shape index (κ2) is 5.83. The summed E-state index contributed by atoms with van der Waals surface area (Å²) in [5.74, 6) is 0.759. The Hall–Kier alpha value is -0.900. The molecule has 1 heterocycles. The molecular weight excluding hydrogens is 222 g/mol. The lowest BCUT2D eigenvalue weighted by Gasteiger charge is -2.27. The molecule has 0 bridgehead atoms. The molecule has 2 atom stereocenters. The Morgan fingerprint density at radius 3 is 2.72 bits per heavy atom. The van der Waals surface area contributed by atoms with Crippen molar-refractivity contribution >= 4 is 0 Å². The highest BCUT2D eigenvalue weighted by Gasteiger charge is 2.37. The number of hydrogen-bond acceptors (Lipinski definition) is 3. The maximum absolute atomic E-state index is 3.69. The minimum Gasteiger partial charge on any atom is -0.314 e.